The van der Waals surface area contributed by atoms with E-state index in [4.69, 9.17) is 5.26 Å². The van der Waals surface area contributed by atoms with Crippen LogP contribution in [-0.2, 0) is 6.18 Å². The summed E-state index contributed by atoms with van der Waals surface area (Å²) in [6.07, 6.45) is -2.89. The SMILES string of the molecule is Cc1cc(O)ccc1C1CCN(c2ccc(C#N)c(C(F)(F)F)c2)CC1. The van der Waals surface area contributed by atoms with Crippen LogP contribution in [0.3, 0.4) is 0 Å². The minimum Gasteiger partial charge on any atom is -0.508 e. The Morgan fingerprint density at radius 3 is 2.38 bits per heavy atom. The molecule has 3 rings (SSSR count). The number of phenolic OH excluding ortho intramolecular Hbond substituents is 1. The van der Waals surface area contributed by atoms with Gasteiger partial charge in [-0.3, -0.25) is 0 Å². The fourth-order valence-corrected chi connectivity index (χ4v) is 3.63. The van der Waals surface area contributed by atoms with Crippen molar-refractivity contribution in [3.8, 4) is 11.8 Å². The predicted molar refractivity (Wildman–Crippen MR) is 93.2 cm³/mol. The molecule has 1 aliphatic rings. The Kier molecular flexibility index (Phi) is 4.82. The molecule has 2 aromatic carbocycles. The van der Waals surface area contributed by atoms with Gasteiger partial charge in [-0.05, 0) is 67.1 Å². The Hall–Kier alpha value is -2.68. The fourth-order valence-electron chi connectivity index (χ4n) is 3.63. The molecule has 0 bridgehead atoms. The first-order valence-corrected chi connectivity index (χ1v) is 8.45. The van der Waals surface area contributed by atoms with Crippen LogP contribution in [0, 0.1) is 18.3 Å². The average Bonchev–Trinajstić information content (AvgIpc) is 2.61. The number of aromatic hydroxyl groups is 1. The summed E-state index contributed by atoms with van der Waals surface area (Å²) in [5.41, 5.74) is 1.47. The number of aryl methyl sites for hydroxylation is 1. The van der Waals surface area contributed by atoms with E-state index in [9.17, 15) is 18.3 Å². The number of hydrogen-bond acceptors (Lipinski definition) is 3. The Labute approximate surface area is 150 Å². The molecule has 0 amide bonds. The number of hydrogen-bond donors (Lipinski definition) is 1. The number of alkyl halides is 3. The largest absolute Gasteiger partial charge is 0.508 e. The molecule has 0 spiro atoms. The molecule has 3 nitrogen and oxygen atoms in total. The van der Waals surface area contributed by atoms with E-state index in [2.05, 4.69) is 0 Å². The van der Waals surface area contributed by atoms with Crippen LogP contribution >= 0.6 is 0 Å². The number of phenols is 1. The zero-order chi connectivity index (χ0) is 18.9. The van der Waals surface area contributed by atoms with Crippen molar-refractivity contribution in [1.29, 1.82) is 5.26 Å². The third-order valence-electron chi connectivity index (χ3n) is 4.98. The lowest BCUT2D eigenvalue weighted by molar-refractivity contribution is -0.137. The average molecular weight is 360 g/mol. The standard InChI is InChI=1S/C20H19F3N2O/c1-13-10-17(26)4-5-18(13)14-6-8-25(9-7-14)16-3-2-15(12-24)19(11-16)20(21,22)23/h2-5,10-11,14,26H,6-9H2,1H3. The van der Waals surface area contributed by atoms with Crippen LogP contribution in [0.5, 0.6) is 5.75 Å². The van der Waals surface area contributed by atoms with Crippen molar-refractivity contribution >= 4 is 5.69 Å². The highest BCUT2D eigenvalue weighted by molar-refractivity contribution is 5.55. The van der Waals surface area contributed by atoms with Crippen molar-refractivity contribution in [2.45, 2.75) is 31.9 Å². The van der Waals surface area contributed by atoms with E-state index in [1.54, 1.807) is 24.3 Å². The van der Waals surface area contributed by atoms with E-state index in [1.807, 2.05) is 17.9 Å². The summed E-state index contributed by atoms with van der Waals surface area (Å²) < 4.78 is 39.5. The third kappa shape index (κ3) is 3.62. The van der Waals surface area contributed by atoms with Crippen molar-refractivity contribution in [2.24, 2.45) is 0 Å². The highest BCUT2D eigenvalue weighted by Crippen LogP contribution is 2.37. The Balaban J connectivity index is 1.77. The smallest absolute Gasteiger partial charge is 0.417 e. The molecule has 2 aromatic rings. The summed E-state index contributed by atoms with van der Waals surface area (Å²) in [5.74, 6) is 0.563. The lowest BCUT2D eigenvalue weighted by Gasteiger charge is -2.34. The highest BCUT2D eigenvalue weighted by atomic mass is 19.4. The normalized spacial score (nSPS) is 15.7. The summed E-state index contributed by atoms with van der Waals surface area (Å²) in [4.78, 5) is 1.93. The van der Waals surface area contributed by atoms with Crippen LogP contribution < -0.4 is 4.90 Å². The van der Waals surface area contributed by atoms with Gasteiger partial charge in [0.2, 0.25) is 0 Å². The van der Waals surface area contributed by atoms with Gasteiger partial charge in [0.15, 0.2) is 0 Å². The number of piperidine rings is 1. The first-order valence-electron chi connectivity index (χ1n) is 8.45. The van der Waals surface area contributed by atoms with Crippen LogP contribution in [0.1, 0.15) is 41.0 Å². The molecule has 1 saturated heterocycles. The topological polar surface area (TPSA) is 47.3 Å². The van der Waals surface area contributed by atoms with Gasteiger partial charge >= 0.3 is 6.18 Å². The molecule has 1 heterocycles. The summed E-state index contributed by atoms with van der Waals surface area (Å²) in [6.45, 7) is 3.25. The van der Waals surface area contributed by atoms with Crippen LogP contribution in [0.15, 0.2) is 36.4 Å². The van der Waals surface area contributed by atoms with Gasteiger partial charge in [0.1, 0.15) is 5.75 Å². The second-order valence-corrected chi connectivity index (χ2v) is 6.64. The van der Waals surface area contributed by atoms with Gasteiger partial charge < -0.3 is 10.0 Å². The minimum atomic E-state index is -4.54. The van der Waals surface area contributed by atoms with E-state index < -0.39 is 11.7 Å². The number of rotatable bonds is 2. The van der Waals surface area contributed by atoms with Crippen LogP contribution in [0.4, 0.5) is 18.9 Å². The number of benzene rings is 2. The maximum Gasteiger partial charge on any atom is 0.417 e. The van der Waals surface area contributed by atoms with Gasteiger partial charge in [-0.15, -0.1) is 0 Å². The van der Waals surface area contributed by atoms with Crippen LogP contribution in [0.25, 0.3) is 0 Å². The maximum atomic E-state index is 13.2. The highest BCUT2D eigenvalue weighted by Gasteiger charge is 2.34. The van der Waals surface area contributed by atoms with Gasteiger partial charge in [-0.1, -0.05) is 6.07 Å². The van der Waals surface area contributed by atoms with E-state index >= 15 is 0 Å². The lowest BCUT2D eigenvalue weighted by atomic mass is 9.86. The van der Waals surface area contributed by atoms with Crippen molar-refractivity contribution < 1.29 is 18.3 Å². The zero-order valence-electron chi connectivity index (χ0n) is 14.3. The van der Waals surface area contributed by atoms with Gasteiger partial charge in [0, 0.05) is 18.8 Å². The third-order valence-corrected chi connectivity index (χ3v) is 4.98. The molecule has 0 aliphatic carbocycles. The Morgan fingerprint density at radius 1 is 1.12 bits per heavy atom. The predicted octanol–water partition coefficient (Wildman–Crippen LogP) is 4.98. The first kappa shape index (κ1) is 18.1. The summed E-state index contributed by atoms with van der Waals surface area (Å²) in [5, 5.41) is 18.4. The first-order chi connectivity index (χ1) is 12.3. The molecule has 1 fully saturated rings. The quantitative estimate of drug-likeness (QED) is 0.822. The van der Waals surface area contributed by atoms with Crippen molar-refractivity contribution in [3.05, 3.63) is 58.7 Å². The van der Waals surface area contributed by atoms with Crippen molar-refractivity contribution in [2.75, 3.05) is 18.0 Å². The molecule has 26 heavy (non-hydrogen) atoms. The zero-order valence-corrected chi connectivity index (χ0v) is 14.3. The molecular formula is C20H19F3N2O. The molecule has 6 heteroatoms. The van der Waals surface area contributed by atoms with Gasteiger partial charge in [-0.25, -0.2) is 0 Å². The van der Waals surface area contributed by atoms with Gasteiger partial charge in [0.25, 0.3) is 0 Å². The molecule has 0 radical (unpaired) electrons. The molecule has 0 atom stereocenters. The number of nitriles is 1. The van der Waals surface area contributed by atoms with E-state index in [-0.39, 0.29) is 11.3 Å². The number of halogens is 3. The van der Waals surface area contributed by atoms with Crippen LogP contribution in [0.2, 0.25) is 0 Å². The molecule has 0 unspecified atom stereocenters. The Bertz CT molecular complexity index is 847. The van der Waals surface area contributed by atoms with Crippen molar-refractivity contribution in [1.82, 2.24) is 0 Å². The molecule has 1 N–H and O–H groups in total. The monoisotopic (exact) mass is 360 g/mol. The van der Waals surface area contributed by atoms with E-state index in [1.165, 1.54) is 11.6 Å². The summed E-state index contributed by atoms with van der Waals surface area (Å²) in [7, 11) is 0. The second-order valence-electron chi connectivity index (χ2n) is 6.64. The van der Waals surface area contributed by atoms with Gasteiger partial charge in [-0.2, -0.15) is 18.4 Å². The number of anilines is 1. The van der Waals surface area contributed by atoms with Crippen LogP contribution in [-0.4, -0.2) is 18.2 Å². The molecule has 0 saturated carbocycles. The molecular weight excluding hydrogens is 341 g/mol. The molecule has 136 valence electrons. The fraction of sp³-hybridized carbons (Fsp3) is 0.350. The molecule has 1 aliphatic heterocycles. The van der Waals surface area contributed by atoms with E-state index in [0.717, 1.165) is 24.5 Å². The maximum absolute atomic E-state index is 13.2. The second kappa shape index (κ2) is 6.91. The minimum absolute atomic E-state index is 0.237. The summed E-state index contributed by atoms with van der Waals surface area (Å²) >= 11 is 0. The molecule has 0 aromatic heterocycles. The Morgan fingerprint density at radius 2 is 1.81 bits per heavy atom. The van der Waals surface area contributed by atoms with Crippen molar-refractivity contribution in [3.63, 3.8) is 0 Å². The van der Waals surface area contributed by atoms with Gasteiger partial charge in [0.05, 0.1) is 17.2 Å². The number of nitrogens with zero attached hydrogens (tertiary/aromatic N) is 2. The summed E-state index contributed by atoms with van der Waals surface area (Å²) in [6, 6.07) is 10.8. The lowest BCUT2D eigenvalue weighted by Crippen LogP contribution is -2.33. The van der Waals surface area contributed by atoms with E-state index in [0.29, 0.717) is 24.7 Å².